The highest BCUT2D eigenvalue weighted by Gasteiger charge is 2.15. The van der Waals surface area contributed by atoms with Gasteiger partial charge in [0.2, 0.25) is 0 Å². The number of benzene rings is 1. The lowest BCUT2D eigenvalue weighted by atomic mass is 10.1. The Hall–Kier alpha value is -1.42. The fraction of sp³-hybridized carbons (Fsp3) is 0.0667. The van der Waals surface area contributed by atoms with Gasteiger partial charge in [-0.1, -0.05) is 53.5 Å². The average molecular weight is 321 g/mol. The van der Waals surface area contributed by atoms with E-state index < -0.39 is 0 Å². The van der Waals surface area contributed by atoms with Crippen molar-refractivity contribution in [2.45, 2.75) is 6.92 Å². The van der Waals surface area contributed by atoms with Gasteiger partial charge in [-0.05, 0) is 23.4 Å². The van der Waals surface area contributed by atoms with E-state index in [0.29, 0.717) is 21.7 Å². The van der Waals surface area contributed by atoms with Crippen LogP contribution in [-0.2, 0) is 0 Å². The minimum Gasteiger partial charge on any atom is -0.216 e. The molecule has 5 heteroatoms. The second kappa shape index (κ2) is 5.52. The normalized spacial score (nSPS) is 10.8. The summed E-state index contributed by atoms with van der Waals surface area (Å²) < 4.78 is 0. The first kappa shape index (κ1) is 13.6. The van der Waals surface area contributed by atoms with Crippen molar-refractivity contribution in [3.8, 4) is 22.5 Å². The molecule has 2 nitrogen and oxygen atoms in total. The minimum atomic E-state index is 0.372. The van der Waals surface area contributed by atoms with Gasteiger partial charge in [0.1, 0.15) is 10.3 Å². The number of hydrogen-bond acceptors (Lipinski definition) is 3. The Kier molecular flexibility index (Phi) is 3.74. The summed E-state index contributed by atoms with van der Waals surface area (Å²) in [7, 11) is 0. The molecule has 0 N–H and O–H groups in total. The van der Waals surface area contributed by atoms with E-state index >= 15 is 0 Å². The molecule has 0 fully saturated rings. The number of aryl methyl sites for hydroxylation is 1. The van der Waals surface area contributed by atoms with Gasteiger partial charge in [0.25, 0.3) is 0 Å². The molecule has 3 rings (SSSR count). The van der Waals surface area contributed by atoms with Crippen LogP contribution < -0.4 is 0 Å². The van der Waals surface area contributed by atoms with E-state index in [2.05, 4.69) is 9.97 Å². The van der Waals surface area contributed by atoms with Crippen LogP contribution in [0.1, 0.15) is 5.56 Å². The maximum atomic E-state index is 6.31. The molecule has 3 aromatic rings. The first-order chi connectivity index (χ1) is 9.66. The average Bonchev–Trinajstić information content (AvgIpc) is 2.85. The van der Waals surface area contributed by atoms with Crippen molar-refractivity contribution in [1.29, 1.82) is 0 Å². The largest absolute Gasteiger partial charge is 0.216 e. The minimum absolute atomic E-state index is 0.372. The molecular weight excluding hydrogens is 311 g/mol. The van der Waals surface area contributed by atoms with E-state index in [1.54, 1.807) is 11.3 Å². The quantitative estimate of drug-likeness (QED) is 0.583. The predicted molar refractivity (Wildman–Crippen MR) is 85.5 cm³/mol. The molecule has 2 heterocycles. The van der Waals surface area contributed by atoms with Gasteiger partial charge < -0.3 is 0 Å². The van der Waals surface area contributed by atoms with Crippen LogP contribution in [-0.4, -0.2) is 9.97 Å². The van der Waals surface area contributed by atoms with Crippen molar-refractivity contribution in [1.82, 2.24) is 9.97 Å². The molecule has 20 heavy (non-hydrogen) atoms. The van der Waals surface area contributed by atoms with Crippen LogP contribution in [0.2, 0.25) is 10.3 Å². The molecule has 0 radical (unpaired) electrons. The summed E-state index contributed by atoms with van der Waals surface area (Å²) in [5, 5.41) is 4.79. The number of rotatable bonds is 2. The zero-order valence-electron chi connectivity index (χ0n) is 10.6. The fourth-order valence-corrected chi connectivity index (χ4v) is 3.39. The van der Waals surface area contributed by atoms with Gasteiger partial charge in [-0.3, -0.25) is 0 Å². The molecule has 0 aliphatic rings. The number of hydrogen-bond donors (Lipinski definition) is 0. The molecule has 100 valence electrons. The number of thiophene rings is 1. The number of nitrogens with zero attached hydrogens (tertiary/aromatic N) is 2. The van der Waals surface area contributed by atoms with Gasteiger partial charge in [0.05, 0.1) is 5.56 Å². The predicted octanol–water partition coefficient (Wildman–Crippen LogP) is 5.49. The smallest absolute Gasteiger partial charge is 0.163 e. The zero-order chi connectivity index (χ0) is 14.1. The molecule has 1 aromatic carbocycles. The highest BCUT2D eigenvalue weighted by atomic mass is 35.5. The summed E-state index contributed by atoms with van der Waals surface area (Å²) in [6.45, 7) is 2.02. The lowest BCUT2D eigenvalue weighted by Crippen LogP contribution is -1.94. The van der Waals surface area contributed by atoms with Gasteiger partial charge in [-0.15, -0.1) is 0 Å². The van der Waals surface area contributed by atoms with Crippen LogP contribution in [0, 0.1) is 6.92 Å². The Bertz CT molecular complexity index is 731. The van der Waals surface area contributed by atoms with E-state index in [-0.39, 0.29) is 0 Å². The molecule has 0 amide bonds. The van der Waals surface area contributed by atoms with Crippen LogP contribution >= 0.6 is 34.5 Å². The maximum Gasteiger partial charge on any atom is 0.163 e. The Balaban J connectivity index is 2.15. The molecule has 0 saturated carbocycles. The first-order valence-corrected chi connectivity index (χ1v) is 7.68. The topological polar surface area (TPSA) is 25.8 Å². The van der Waals surface area contributed by atoms with Crippen LogP contribution in [0.3, 0.4) is 0 Å². The monoisotopic (exact) mass is 320 g/mol. The van der Waals surface area contributed by atoms with Crippen molar-refractivity contribution in [2.75, 3.05) is 0 Å². The number of halogens is 2. The lowest BCUT2D eigenvalue weighted by molar-refractivity contribution is 1.17. The van der Waals surface area contributed by atoms with Gasteiger partial charge in [-0.25, -0.2) is 9.97 Å². The third kappa shape index (κ3) is 2.44. The van der Waals surface area contributed by atoms with Crippen molar-refractivity contribution in [3.63, 3.8) is 0 Å². The summed E-state index contributed by atoms with van der Waals surface area (Å²) in [6.07, 6.45) is 0. The van der Waals surface area contributed by atoms with Crippen LogP contribution in [0.5, 0.6) is 0 Å². The highest BCUT2D eigenvalue weighted by molar-refractivity contribution is 7.08. The molecule has 0 bridgehead atoms. The highest BCUT2D eigenvalue weighted by Crippen LogP contribution is 2.35. The SMILES string of the molecule is Cc1cscc1-c1nc(Cl)c(-c2ccccc2)c(Cl)n1. The third-order valence-corrected chi connectivity index (χ3v) is 4.39. The molecule has 0 saturated heterocycles. The Labute approximate surface area is 131 Å². The molecule has 0 atom stereocenters. The van der Waals surface area contributed by atoms with Crippen molar-refractivity contribution in [3.05, 3.63) is 57.0 Å². The summed E-state index contributed by atoms with van der Waals surface area (Å²) in [6, 6.07) is 9.67. The molecule has 0 aliphatic carbocycles. The molecule has 0 aliphatic heterocycles. The third-order valence-electron chi connectivity index (χ3n) is 2.98. The van der Waals surface area contributed by atoms with E-state index in [1.807, 2.05) is 48.0 Å². The number of aromatic nitrogens is 2. The molecular formula is C15H10Cl2N2S. The van der Waals surface area contributed by atoms with Crippen molar-refractivity contribution >= 4 is 34.5 Å². The van der Waals surface area contributed by atoms with Crippen LogP contribution in [0.25, 0.3) is 22.5 Å². The van der Waals surface area contributed by atoms with E-state index in [4.69, 9.17) is 23.2 Å². The van der Waals surface area contributed by atoms with E-state index in [0.717, 1.165) is 16.7 Å². The standard InChI is InChI=1S/C15H10Cl2N2S/c1-9-7-20-8-11(9)15-18-13(16)12(14(17)19-15)10-5-3-2-4-6-10/h2-8H,1H3. The summed E-state index contributed by atoms with van der Waals surface area (Å²) >= 11 is 14.2. The van der Waals surface area contributed by atoms with Crippen molar-refractivity contribution in [2.24, 2.45) is 0 Å². The summed E-state index contributed by atoms with van der Waals surface area (Å²) in [5.41, 5.74) is 3.68. The summed E-state index contributed by atoms with van der Waals surface area (Å²) in [5.74, 6) is 0.568. The fourth-order valence-electron chi connectivity index (χ4n) is 1.96. The Morgan fingerprint density at radius 1 is 0.950 bits per heavy atom. The maximum absolute atomic E-state index is 6.31. The van der Waals surface area contributed by atoms with Crippen LogP contribution in [0.4, 0.5) is 0 Å². The van der Waals surface area contributed by atoms with E-state index in [1.165, 1.54) is 0 Å². The Morgan fingerprint density at radius 3 is 2.15 bits per heavy atom. The van der Waals surface area contributed by atoms with Gasteiger partial charge in [0, 0.05) is 10.9 Å². The first-order valence-electron chi connectivity index (χ1n) is 5.98. The van der Waals surface area contributed by atoms with Crippen LogP contribution in [0.15, 0.2) is 41.1 Å². The lowest BCUT2D eigenvalue weighted by Gasteiger charge is -2.08. The van der Waals surface area contributed by atoms with E-state index in [9.17, 15) is 0 Å². The second-order valence-corrected chi connectivity index (χ2v) is 5.80. The van der Waals surface area contributed by atoms with Gasteiger partial charge in [0.15, 0.2) is 5.82 Å². The molecule has 0 unspecified atom stereocenters. The molecule has 0 spiro atoms. The van der Waals surface area contributed by atoms with Crippen molar-refractivity contribution < 1.29 is 0 Å². The van der Waals surface area contributed by atoms with Gasteiger partial charge >= 0.3 is 0 Å². The molecule has 2 aromatic heterocycles. The summed E-state index contributed by atoms with van der Waals surface area (Å²) in [4.78, 5) is 8.78. The second-order valence-electron chi connectivity index (χ2n) is 4.34. The van der Waals surface area contributed by atoms with Gasteiger partial charge in [-0.2, -0.15) is 11.3 Å². The Morgan fingerprint density at radius 2 is 1.60 bits per heavy atom. The zero-order valence-corrected chi connectivity index (χ0v) is 12.9.